The zero-order valence-electron chi connectivity index (χ0n) is 12.6. The van der Waals surface area contributed by atoms with Crippen LogP contribution in [-0.2, 0) is 4.74 Å². The summed E-state index contributed by atoms with van der Waals surface area (Å²) in [7, 11) is 1.20. The number of alkyl halides is 3. The molecule has 3 fully saturated rings. The van der Waals surface area contributed by atoms with Crippen molar-refractivity contribution in [1.82, 2.24) is 0 Å². The van der Waals surface area contributed by atoms with Gasteiger partial charge >= 0.3 is 6.18 Å². The number of rotatable bonds is 3. The Balaban J connectivity index is 1.53. The minimum Gasteiger partial charge on any atom is -0.369 e. The molecular formula is C17H23F3O. The summed E-state index contributed by atoms with van der Waals surface area (Å²) in [6.07, 6.45) is 3.97. The van der Waals surface area contributed by atoms with Crippen molar-refractivity contribution in [2.75, 3.05) is 7.11 Å². The van der Waals surface area contributed by atoms with E-state index < -0.39 is 11.8 Å². The number of halogens is 3. The topological polar surface area (TPSA) is 9.23 Å². The Bertz CT molecular complexity index is 471. The lowest BCUT2D eigenvalue weighted by atomic mass is 9.67. The van der Waals surface area contributed by atoms with Crippen LogP contribution in [0.25, 0.3) is 0 Å². The van der Waals surface area contributed by atoms with Crippen LogP contribution in [0.4, 0.5) is 13.2 Å². The molecule has 0 saturated heterocycles. The van der Waals surface area contributed by atoms with Gasteiger partial charge in [-0.2, -0.15) is 13.2 Å². The maximum Gasteiger partial charge on any atom is 0.417 e. The predicted molar refractivity (Wildman–Crippen MR) is 73.5 cm³/mol. The summed E-state index contributed by atoms with van der Waals surface area (Å²) in [5.74, 6) is 4.18. The molecule has 0 amide bonds. The molecule has 3 saturated carbocycles. The number of hydrogen-bond donors (Lipinski definition) is 0. The zero-order chi connectivity index (χ0) is 15.0. The van der Waals surface area contributed by atoms with E-state index in [1.807, 2.05) is 0 Å². The average Bonchev–Trinajstić information content (AvgIpc) is 3.15. The maximum atomic E-state index is 13.3. The Morgan fingerprint density at radius 3 is 2.33 bits per heavy atom. The highest BCUT2D eigenvalue weighted by Crippen LogP contribution is 2.68. The predicted octanol–water partition coefficient (Wildman–Crippen LogP) is 4.44. The van der Waals surface area contributed by atoms with Crippen LogP contribution in [0.3, 0.4) is 0 Å². The molecule has 0 radical (unpaired) electrons. The van der Waals surface area contributed by atoms with Crippen LogP contribution in [0.15, 0.2) is 12.2 Å². The van der Waals surface area contributed by atoms with Gasteiger partial charge in [-0.25, -0.2) is 0 Å². The molecule has 4 heteroatoms. The Morgan fingerprint density at radius 1 is 1.05 bits per heavy atom. The minimum atomic E-state index is -4.28. The Morgan fingerprint density at radius 2 is 1.71 bits per heavy atom. The molecule has 4 rings (SSSR count). The zero-order valence-corrected chi connectivity index (χ0v) is 12.6. The quantitative estimate of drug-likeness (QED) is 0.553. The first kappa shape index (κ1) is 14.1. The summed E-state index contributed by atoms with van der Waals surface area (Å²) < 4.78 is 44.8. The van der Waals surface area contributed by atoms with E-state index in [9.17, 15) is 13.2 Å². The summed E-state index contributed by atoms with van der Waals surface area (Å²) in [6.45, 7) is 1.22. The van der Waals surface area contributed by atoms with Gasteiger partial charge < -0.3 is 4.74 Å². The van der Waals surface area contributed by atoms with Crippen molar-refractivity contribution in [2.24, 2.45) is 41.4 Å². The van der Waals surface area contributed by atoms with E-state index >= 15 is 0 Å². The Kier molecular flexibility index (Phi) is 2.87. The molecule has 0 heterocycles. The number of allylic oxidation sites excluding steroid dienone is 2. The number of hydrogen-bond acceptors (Lipinski definition) is 1. The molecule has 0 spiro atoms. The molecule has 4 aliphatic carbocycles. The van der Waals surface area contributed by atoms with Crippen LogP contribution in [0.2, 0.25) is 0 Å². The van der Waals surface area contributed by atoms with Crippen molar-refractivity contribution < 1.29 is 17.9 Å². The van der Waals surface area contributed by atoms with Gasteiger partial charge in [0, 0.05) is 7.11 Å². The number of ether oxygens (including phenoxy) is 1. The molecule has 1 nitrogen and oxygen atoms in total. The summed E-state index contributed by atoms with van der Waals surface area (Å²) in [4.78, 5) is 0. The SMILES string of the molecule is COC(C)(CC1CC2CC1C1C3C=CC(C3)C21)C(F)(F)F. The van der Waals surface area contributed by atoms with Crippen LogP contribution in [0.1, 0.15) is 32.6 Å². The van der Waals surface area contributed by atoms with Gasteiger partial charge in [0.1, 0.15) is 0 Å². The largest absolute Gasteiger partial charge is 0.417 e. The highest BCUT2D eigenvalue weighted by molar-refractivity contribution is 5.20. The second-order valence-corrected chi connectivity index (χ2v) is 7.90. The second-order valence-electron chi connectivity index (χ2n) is 7.90. The Hall–Kier alpha value is -0.510. The van der Waals surface area contributed by atoms with E-state index in [0.29, 0.717) is 23.7 Å². The molecule has 4 aliphatic rings. The van der Waals surface area contributed by atoms with Crippen molar-refractivity contribution in [2.45, 2.75) is 44.4 Å². The fraction of sp³-hybridized carbons (Fsp3) is 0.882. The minimum absolute atomic E-state index is 0.137. The highest BCUT2D eigenvalue weighted by Gasteiger charge is 2.63. The summed E-state index contributed by atoms with van der Waals surface area (Å²) in [5, 5.41) is 0. The smallest absolute Gasteiger partial charge is 0.369 e. The molecule has 0 aliphatic heterocycles. The summed E-state index contributed by atoms with van der Waals surface area (Å²) in [5.41, 5.74) is -1.98. The van der Waals surface area contributed by atoms with Crippen molar-refractivity contribution in [1.29, 1.82) is 0 Å². The fourth-order valence-electron chi connectivity index (χ4n) is 6.20. The van der Waals surface area contributed by atoms with E-state index in [0.717, 1.165) is 24.7 Å². The lowest BCUT2D eigenvalue weighted by Gasteiger charge is -2.40. The molecule has 4 bridgehead atoms. The molecule has 8 unspecified atom stereocenters. The van der Waals surface area contributed by atoms with E-state index in [4.69, 9.17) is 4.74 Å². The van der Waals surface area contributed by atoms with Gasteiger partial charge in [0.25, 0.3) is 0 Å². The molecule has 0 aromatic rings. The maximum absolute atomic E-state index is 13.3. The van der Waals surface area contributed by atoms with Crippen molar-refractivity contribution in [3.05, 3.63) is 12.2 Å². The van der Waals surface area contributed by atoms with Gasteiger partial charge in [0.15, 0.2) is 5.60 Å². The first-order chi connectivity index (χ1) is 9.84. The van der Waals surface area contributed by atoms with Crippen LogP contribution < -0.4 is 0 Å². The average molecular weight is 300 g/mol. The first-order valence-electron chi connectivity index (χ1n) is 8.14. The summed E-state index contributed by atoms with van der Waals surface area (Å²) >= 11 is 0. The van der Waals surface area contributed by atoms with Gasteiger partial charge in [0.2, 0.25) is 0 Å². The van der Waals surface area contributed by atoms with Crippen molar-refractivity contribution >= 4 is 0 Å². The van der Waals surface area contributed by atoms with Crippen molar-refractivity contribution in [3.63, 3.8) is 0 Å². The van der Waals surface area contributed by atoms with Crippen LogP contribution in [0, 0.1) is 41.4 Å². The third-order valence-corrected chi connectivity index (χ3v) is 7.11. The third-order valence-electron chi connectivity index (χ3n) is 7.11. The molecule has 0 N–H and O–H groups in total. The van der Waals surface area contributed by atoms with Gasteiger partial charge in [0.05, 0.1) is 0 Å². The molecule has 21 heavy (non-hydrogen) atoms. The molecule has 0 aromatic carbocycles. The first-order valence-corrected chi connectivity index (χ1v) is 8.14. The summed E-state index contributed by atoms with van der Waals surface area (Å²) in [6, 6.07) is 0. The monoisotopic (exact) mass is 300 g/mol. The Labute approximate surface area is 123 Å². The number of fused-ring (bicyclic) bond motifs is 9. The highest BCUT2D eigenvalue weighted by atomic mass is 19.4. The van der Waals surface area contributed by atoms with E-state index in [-0.39, 0.29) is 12.3 Å². The molecule has 8 atom stereocenters. The lowest BCUT2D eigenvalue weighted by Crippen LogP contribution is -2.47. The number of methoxy groups -OCH3 is 1. The fourth-order valence-corrected chi connectivity index (χ4v) is 6.20. The van der Waals surface area contributed by atoms with E-state index in [1.54, 1.807) is 0 Å². The van der Waals surface area contributed by atoms with Crippen LogP contribution in [-0.4, -0.2) is 18.9 Å². The van der Waals surface area contributed by atoms with Gasteiger partial charge in [-0.05, 0) is 74.0 Å². The molecular weight excluding hydrogens is 277 g/mol. The third kappa shape index (κ3) is 1.80. The van der Waals surface area contributed by atoms with Gasteiger partial charge in [-0.15, -0.1) is 0 Å². The van der Waals surface area contributed by atoms with Gasteiger partial charge in [-0.1, -0.05) is 12.2 Å². The normalized spacial score (nSPS) is 49.7. The molecule has 118 valence electrons. The standard InChI is InChI=1S/C17H23F3O/c1-16(21-2,17(18,19)20)8-12-6-11-7-13(12)15-10-4-3-9(5-10)14(11)15/h3-4,9-15H,5-8H2,1-2H3. The van der Waals surface area contributed by atoms with E-state index in [1.165, 1.54) is 20.5 Å². The van der Waals surface area contributed by atoms with Crippen molar-refractivity contribution in [3.8, 4) is 0 Å². The van der Waals surface area contributed by atoms with Crippen LogP contribution in [0.5, 0.6) is 0 Å². The lowest BCUT2D eigenvalue weighted by molar-refractivity contribution is -0.270. The second kappa shape index (κ2) is 4.27. The van der Waals surface area contributed by atoms with Crippen LogP contribution >= 0.6 is 0 Å². The van der Waals surface area contributed by atoms with Gasteiger partial charge in [-0.3, -0.25) is 0 Å². The van der Waals surface area contributed by atoms with E-state index in [2.05, 4.69) is 12.2 Å². The molecule has 0 aromatic heterocycles.